The van der Waals surface area contributed by atoms with Crippen molar-refractivity contribution in [2.45, 2.75) is 59.3 Å². The topological polar surface area (TPSA) is 17.1 Å². The summed E-state index contributed by atoms with van der Waals surface area (Å²) in [7, 11) is 0. The van der Waals surface area contributed by atoms with Crippen LogP contribution in [0.15, 0.2) is 0 Å². The van der Waals surface area contributed by atoms with Gasteiger partial charge in [0.25, 0.3) is 0 Å². The third-order valence-corrected chi connectivity index (χ3v) is 4.76. The molecule has 0 aliphatic heterocycles. The monoisotopic (exact) mass is 194 g/mol. The Hall–Kier alpha value is -0.330. The Balaban J connectivity index is 2.32. The van der Waals surface area contributed by atoms with Crippen LogP contribution in [0.4, 0.5) is 0 Å². The van der Waals surface area contributed by atoms with Crippen LogP contribution in [0.25, 0.3) is 0 Å². The molecule has 0 spiro atoms. The lowest BCUT2D eigenvalue weighted by Crippen LogP contribution is -2.49. The highest BCUT2D eigenvalue weighted by atomic mass is 16.1. The van der Waals surface area contributed by atoms with E-state index in [4.69, 9.17) is 0 Å². The Morgan fingerprint density at radius 2 is 1.86 bits per heavy atom. The van der Waals surface area contributed by atoms with E-state index in [9.17, 15) is 4.79 Å². The minimum Gasteiger partial charge on any atom is -0.299 e. The summed E-state index contributed by atoms with van der Waals surface area (Å²) in [6, 6.07) is 0. The highest BCUT2D eigenvalue weighted by Gasteiger charge is 2.51. The third kappa shape index (κ3) is 1.32. The smallest absolute Gasteiger partial charge is 0.139 e. The normalized spacial score (nSPS) is 41.9. The minimum atomic E-state index is 0.0278. The van der Waals surface area contributed by atoms with Crippen molar-refractivity contribution >= 4 is 5.78 Å². The van der Waals surface area contributed by atoms with Crippen molar-refractivity contribution in [3.05, 3.63) is 0 Å². The highest BCUT2D eigenvalue weighted by Crippen LogP contribution is 2.55. The van der Waals surface area contributed by atoms with Crippen molar-refractivity contribution in [2.24, 2.45) is 16.7 Å². The maximum Gasteiger partial charge on any atom is 0.139 e. The fourth-order valence-corrected chi connectivity index (χ4v) is 3.92. The van der Waals surface area contributed by atoms with Crippen LogP contribution in [0.2, 0.25) is 0 Å². The number of rotatable bonds is 0. The van der Waals surface area contributed by atoms with Gasteiger partial charge in [0, 0.05) is 11.8 Å². The summed E-state index contributed by atoms with van der Waals surface area (Å²) in [5.74, 6) is 1.19. The van der Waals surface area contributed by atoms with Crippen molar-refractivity contribution in [1.29, 1.82) is 0 Å². The van der Waals surface area contributed by atoms with E-state index in [1.54, 1.807) is 0 Å². The molecule has 0 N–H and O–H groups in total. The zero-order valence-electron chi connectivity index (χ0n) is 9.73. The summed E-state index contributed by atoms with van der Waals surface area (Å²) in [4.78, 5) is 12.0. The molecule has 0 bridgehead atoms. The molecule has 2 atom stereocenters. The first-order chi connectivity index (χ1) is 6.47. The van der Waals surface area contributed by atoms with E-state index in [2.05, 4.69) is 20.8 Å². The quantitative estimate of drug-likeness (QED) is 0.576. The van der Waals surface area contributed by atoms with Crippen molar-refractivity contribution < 1.29 is 4.79 Å². The molecule has 1 nitrogen and oxygen atoms in total. The van der Waals surface area contributed by atoms with Crippen LogP contribution >= 0.6 is 0 Å². The second-order valence-electron chi connectivity index (χ2n) is 6.13. The molecule has 0 amide bonds. The number of fused-ring (bicyclic) bond motifs is 1. The summed E-state index contributed by atoms with van der Waals surface area (Å²) < 4.78 is 0. The van der Waals surface area contributed by atoms with E-state index in [0.717, 1.165) is 19.3 Å². The fraction of sp³-hybridized carbons (Fsp3) is 0.923. The molecule has 2 saturated carbocycles. The van der Waals surface area contributed by atoms with Crippen LogP contribution < -0.4 is 0 Å². The van der Waals surface area contributed by atoms with Crippen molar-refractivity contribution in [1.82, 2.24) is 0 Å². The minimum absolute atomic E-state index is 0.0278. The zero-order valence-corrected chi connectivity index (χ0v) is 9.73. The second kappa shape index (κ2) is 3.08. The number of carbonyl (C=O) groups excluding carboxylic acids is 1. The Bertz CT molecular complexity index is 254. The van der Waals surface area contributed by atoms with E-state index in [1.165, 1.54) is 19.3 Å². The van der Waals surface area contributed by atoms with Gasteiger partial charge in [-0.05, 0) is 37.0 Å². The summed E-state index contributed by atoms with van der Waals surface area (Å²) >= 11 is 0. The van der Waals surface area contributed by atoms with Gasteiger partial charge in [-0.1, -0.05) is 27.2 Å². The van der Waals surface area contributed by atoms with Crippen LogP contribution in [-0.2, 0) is 4.79 Å². The van der Waals surface area contributed by atoms with Crippen LogP contribution in [-0.4, -0.2) is 5.78 Å². The molecule has 0 aromatic carbocycles. The number of Topliss-reactive ketones (excluding diaryl/α,β-unsaturated/α-hetero) is 1. The van der Waals surface area contributed by atoms with Gasteiger partial charge in [0.05, 0.1) is 0 Å². The molecule has 0 saturated heterocycles. The lowest BCUT2D eigenvalue weighted by Gasteiger charge is -2.52. The van der Waals surface area contributed by atoms with Gasteiger partial charge in [0.1, 0.15) is 5.78 Å². The van der Waals surface area contributed by atoms with E-state index in [1.807, 2.05) is 0 Å². The van der Waals surface area contributed by atoms with Gasteiger partial charge < -0.3 is 0 Å². The van der Waals surface area contributed by atoms with Gasteiger partial charge in [-0.3, -0.25) is 4.79 Å². The van der Waals surface area contributed by atoms with Gasteiger partial charge in [0.2, 0.25) is 0 Å². The van der Waals surface area contributed by atoms with E-state index in [0.29, 0.717) is 17.1 Å². The number of hydrogen-bond acceptors (Lipinski definition) is 1. The molecular formula is C13H22O. The van der Waals surface area contributed by atoms with Crippen LogP contribution in [0.5, 0.6) is 0 Å². The summed E-state index contributed by atoms with van der Waals surface area (Å²) in [6.07, 6.45) is 6.92. The van der Waals surface area contributed by atoms with Crippen LogP contribution in [0.3, 0.4) is 0 Å². The van der Waals surface area contributed by atoms with Gasteiger partial charge in [-0.25, -0.2) is 0 Å². The molecule has 0 heterocycles. The number of carbonyl (C=O) groups is 1. The van der Waals surface area contributed by atoms with Gasteiger partial charge in [-0.15, -0.1) is 0 Å². The first-order valence-electron chi connectivity index (χ1n) is 6.00. The van der Waals surface area contributed by atoms with Gasteiger partial charge in [0.15, 0.2) is 0 Å². The van der Waals surface area contributed by atoms with Crippen LogP contribution in [0, 0.1) is 16.7 Å². The summed E-state index contributed by atoms with van der Waals surface area (Å²) in [5.41, 5.74) is 0.420. The molecule has 0 aromatic rings. The summed E-state index contributed by atoms with van der Waals surface area (Å²) in [6.45, 7) is 6.93. The SMILES string of the molecule is CC1(C)CCC[C@@]2(C)C(=O)CCC[C@@H]12. The molecule has 14 heavy (non-hydrogen) atoms. The molecule has 0 aromatic heterocycles. The van der Waals surface area contributed by atoms with E-state index in [-0.39, 0.29) is 5.41 Å². The Labute approximate surface area is 87.3 Å². The molecule has 2 fully saturated rings. The molecule has 2 aliphatic rings. The average molecular weight is 194 g/mol. The second-order valence-corrected chi connectivity index (χ2v) is 6.13. The highest BCUT2D eigenvalue weighted by molar-refractivity contribution is 5.85. The Morgan fingerprint density at radius 1 is 1.14 bits per heavy atom. The fourth-order valence-electron chi connectivity index (χ4n) is 3.92. The predicted molar refractivity (Wildman–Crippen MR) is 58.1 cm³/mol. The standard InChI is InChI=1S/C13H22O/c1-12(2)8-5-9-13(3)10(12)6-4-7-11(13)14/h10H,4-9H2,1-3H3/t10-,13+/m0/s1. The average Bonchev–Trinajstić information content (AvgIpc) is 2.08. The van der Waals surface area contributed by atoms with E-state index < -0.39 is 0 Å². The van der Waals surface area contributed by atoms with E-state index >= 15 is 0 Å². The zero-order chi connectivity index (χ0) is 10.4. The molecule has 80 valence electrons. The first kappa shape index (κ1) is 10.2. The largest absolute Gasteiger partial charge is 0.299 e. The molecule has 0 unspecified atom stereocenters. The lowest BCUT2D eigenvalue weighted by molar-refractivity contribution is -0.143. The third-order valence-electron chi connectivity index (χ3n) is 4.76. The number of hydrogen-bond donors (Lipinski definition) is 0. The van der Waals surface area contributed by atoms with Gasteiger partial charge >= 0.3 is 0 Å². The molecule has 2 rings (SSSR count). The molecule has 0 radical (unpaired) electrons. The van der Waals surface area contributed by atoms with Gasteiger partial charge in [-0.2, -0.15) is 0 Å². The van der Waals surface area contributed by atoms with Crippen molar-refractivity contribution in [3.63, 3.8) is 0 Å². The Kier molecular flexibility index (Phi) is 2.24. The molecule has 2 aliphatic carbocycles. The number of ketones is 1. The Morgan fingerprint density at radius 3 is 2.50 bits per heavy atom. The molecule has 1 heteroatoms. The summed E-state index contributed by atoms with van der Waals surface area (Å²) in [5, 5.41) is 0. The van der Waals surface area contributed by atoms with Crippen LogP contribution in [0.1, 0.15) is 59.3 Å². The van der Waals surface area contributed by atoms with Crippen molar-refractivity contribution in [2.75, 3.05) is 0 Å². The van der Waals surface area contributed by atoms with Crippen molar-refractivity contribution in [3.8, 4) is 0 Å². The first-order valence-corrected chi connectivity index (χ1v) is 6.00. The maximum absolute atomic E-state index is 12.0. The predicted octanol–water partition coefficient (Wildman–Crippen LogP) is 3.57. The maximum atomic E-state index is 12.0. The lowest BCUT2D eigenvalue weighted by atomic mass is 9.51. The molecular weight excluding hydrogens is 172 g/mol.